The van der Waals surface area contributed by atoms with Crippen LogP contribution in [0.4, 0.5) is 39.5 Å². The average molecular weight is 717 g/mol. The molecule has 280 valence electrons. The minimum atomic E-state index is -6.80. The first-order valence-electron chi connectivity index (χ1n) is 17.2. The van der Waals surface area contributed by atoms with Crippen molar-refractivity contribution >= 4 is 5.91 Å². The van der Waals surface area contributed by atoms with Crippen molar-refractivity contribution in [3.05, 3.63) is 29.3 Å². The topological polar surface area (TPSA) is 42.0 Å². The number of nitrogens with zero attached hydrogens (tertiary/aromatic N) is 2. The van der Waals surface area contributed by atoms with Gasteiger partial charge in [0.2, 0.25) is 5.91 Å². The van der Waals surface area contributed by atoms with Crippen LogP contribution < -0.4 is 4.74 Å². The summed E-state index contributed by atoms with van der Waals surface area (Å²) in [7, 11) is 2.87. The molecule has 1 aromatic carbocycles. The van der Waals surface area contributed by atoms with Gasteiger partial charge in [0.1, 0.15) is 5.75 Å². The number of halogens is 9. The van der Waals surface area contributed by atoms with Gasteiger partial charge in [-0.1, -0.05) is 33.3 Å². The number of hydrogen-bond donors (Lipinski definition) is 0. The van der Waals surface area contributed by atoms with E-state index in [2.05, 4.69) is 43.7 Å². The second-order valence-electron chi connectivity index (χ2n) is 14.9. The van der Waals surface area contributed by atoms with Crippen molar-refractivity contribution < 1.29 is 53.8 Å². The van der Waals surface area contributed by atoms with Crippen LogP contribution in [0.5, 0.6) is 5.75 Å². The Morgan fingerprint density at radius 2 is 1.57 bits per heavy atom. The van der Waals surface area contributed by atoms with Gasteiger partial charge in [-0.3, -0.25) is 9.69 Å². The van der Waals surface area contributed by atoms with E-state index in [1.54, 1.807) is 11.9 Å². The van der Waals surface area contributed by atoms with Crippen molar-refractivity contribution in [2.45, 2.75) is 115 Å². The quantitative estimate of drug-likeness (QED) is 0.151. The van der Waals surface area contributed by atoms with Crippen molar-refractivity contribution in [1.29, 1.82) is 0 Å². The third kappa shape index (κ3) is 7.99. The van der Waals surface area contributed by atoms with Crippen molar-refractivity contribution in [3.8, 4) is 5.75 Å². The number of amides is 1. The van der Waals surface area contributed by atoms with Gasteiger partial charge in [0.15, 0.2) is 0 Å². The van der Waals surface area contributed by atoms with Crippen LogP contribution in [0.3, 0.4) is 0 Å². The third-order valence-corrected chi connectivity index (χ3v) is 11.3. The number of unbranched alkanes of at least 4 members (excludes halogenated alkanes) is 1. The van der Waals surface area contributed by atoms with Crippen molar-refractivity contribution in [2.75, 3.05) is 40.4 Å². The molecule has 2 saturated carbocycles. The summed E-state index contributed by atoms with van der Waals surface area (Å²) >= 11 is 0. The molecule has 0 bridgehead atoms. The Morgan fingerprint density at radius 1 is 0.918 bits per heavy atom. The predicted octanol–water partition coefficient (Wildman–Crippen LogP) is 8.95. The number of benzene rings is 1. The molecule has 14 heteroatoms. The fraction of sp³-hybridized carbons (Fsp3) is 0.800. The molecule has 4 rings (SSSR count). The van der Waals surface area contributed by atoms with Crippen molar-refractivity contribution in [3.63, 3.8) is 0 Å². The van der Waals surface area contributed by atoms with E-state index in [1.807, 2.05) is 0 Å². The molecule has 0 N–H and O–H groups in total. The largest absolute Gasteiger partial charge is 0.494 e. The Morgan fingerprint density at radius 3 is 2.18 bits per heavy atom. The summed E-state index contributed by atoms with van der Waals surface area (Å²) in [5, 5.41) is 0. The van der Waals surface area contributed by atoms with Crippen LogP contribution in [0.25, 0.3) is 0 Å². The third-order valence-electron chi connectivity index (χ3n) is 11.3. The number of hydrogen-bond acceptors (Lipinski definition) is 4. The number of likely N-dealkylation sites (N-methyl/N-ethyl adjacent to an activating group) is 2. The van der Waals surface area contributed by atoms with Gasteiger partial charge in [0.25, 0.3) is 0 Å². The van der Waals surface area contributed by atoms with Crippen LogP contribution in [0.1, 0.15) is 89.2 Å². The van der Waals surface area contributed by atoms with Crippen LogP contribution >= 0.6 is 0 Å². The first-order chi connectivity index (χ1) is 22.6. The number of carbonyl (C=O) groups is 1. The van der Waals surface area contributed by atoms with Gasteiger partial charge in [0, 0.05) is 19.6 Å². The van der Waals surface area contributed by atoms with E-state index in [-0.39, 0.29) is 11.5 Å². The number of fused-ring (bicyclic) bond motifs is 5. The number of rotatable bonds is 13. The van der Waals surface area contributed by atoms with E-state index < -0.39 is 49.7 Å². The van der Waals surface area contributed by atoms with Gasteiger partial charge in [-0.2, -0.15) is 39.5 Å². The van der Waals surface area contributed by atoms with Crippen LogP contribution in [0.15, 0.2) is 18.2 Å². The Kier molecular flexibility index (Phi) is 11.9. The molecule has 1 aromatic rings. The summed E-state index contributed by atoms with van der Waals surface area (Å²) in [6, 6.07) is 6.33. The van der Waals surface area contributed by atoms with Gasteiger partial charge in [-0.05, 0) is 111 Å². The maximum absolute atomic E-state index is 13.3. The standard InChI is InChI=1S/C35H49F9N2O3/c1-22(2)8-6-7-18-48-24-10-12-25-23(20-24)9-11-27-26(25)15-16-31(3)28(27)13-14-29(31)46(5)30(47)21-45(4)17-19-49-32(33(36,37)38,34(39,40)41)35(42,43)44/h10,12,20,22,26-29H,6-9,11,13-19,21H2,1-5H3. The number of alkyl halides is 9. The Labute approximate surface area is 282 Å². The molecule has 49 heavy (non-hydrogen) atoms. The molecular weight excluding hydrogens is 667 g/mol. The Balaban J connectivity index is 1.34. The Hall–Kier alpha value is -2.22. The smallest absolute Gasteiger partial charge is 0.435 e. The molecule has 0 radical (unpaired) electrons. The average Bonchev–Trinajstić information content (AvgIpc) is 3.33. The van der Waals surface area contributed by atoms with E-state index in [0.717, 1.165) is 62.0 Å². The molecule has 0 aliphatic heterocycles. The number of carbonyl (C=O) groups excluding carboxylic acids is 1. The zero-order valence-corrected chi connectivity index (χ0v) is 28.8. The fourth-order valence-corrected chi connectivity index (χ4v) is 8.78. The molecule has 2 fully saturated rings. The fourth-order valence-electron chi connectivity index (χ4n) is 8.78. The first kappa shape index (κ1) is 39.6. The van der Waals surface area contributed by atoms with Gasteiger partial charge < -0.3 is 14.4 Å². The molecule has 0 aromatic heterocycles. The summed E-state index contributed by atoms with van der Waals surface area (Å²) < 4.78 is 128. The molecule has 5 unspecified atom stereocenters. The lowest BCUT2D eigenvalue weighted by molar-refractivity contribution is -0.457. The first-order valence-corrected chi connectivity index (χ1v) is 17.2. The van der Waals surface area contributed by atoms with E-state index in [9.17, 15) is 44.3 Å². The maximum Gasteiger partial charge on any atom is 0.435 e. The molecule has 3 aliphatic rings. The van der Waals surface area contributed by atoms with Crippen molar-refractivity contribution in [2.24, 2.45) is 23.2 Å². The summed E-state index contributed by atoms with van der Waals surface area (Å²) in [5.41, 5.74) is -3.82. The summed E-state index contributed by atoms with van der Waals surface area (Å²) in [5.74, 6) is 2.38. The summed E-state index contributed by atoms with van der Waals surface area (Å²) in [6.07, 6.45) is -11.6. The minimum Gasteiger partial charge on any atom is -0.494 e. The minimum absolute atomic E-state index is 0.128. The maximum atomic E-state index is 13.3. The lowest BCUT2D eigenvalue weighted by atomic mass is 9.55. The number of aryl methyl sites for hydroxylation is 1. The van der Waals surface area contributed by atoms with Gasteiger partial charge in [0.05, 0.1) is 19.8 Å². The van der Waals surface area contributed by atoms with Crippen LogP contribution in [-0.2, 0) is 16.0 Å². The van der Waals surface area contributed by atoms with E-state index in [0.29, 0.717) is 30.3 Å². The zero-order valence-electron chi connectivity index (χ0n) is 28.8. The zero-order chi connectivity index (χ0) is 36.6. The number of ether oxygens (including phenoxy) is 2. The van der Waals surface area contributed by atoms with Gasteiger partial charge >= 0.3 is 24.1 Å². The van der Waals surface area contributed by atoms with E-state index in [1.165, 1.54) is 24.6 Å². The monoisotopic (exact) mass is 716 g/mol. The summed E-state index contributed by atoms with van der Waals surface area (Å²) in [6.45, 7) is 4.61. The molecular formula is C35H49F9N2O3. The van der Waals surface area contributed by atoms with Gasteiger partial charge in [-0.15, -0.1) is 0 Å². The van der Waals surface area contributed by atoms with Gasteiger partial charge in [-0.25, -0.2) is 0 Å². The predicted molar refractivity (Wildman–Crippen MR) is 166 cm³/mol. The molecule has 5 atom stereocenters. The second kappa shape index (κ2) is 14.8. The lowest BCUT2D eigenvalue weighted by Gasteiger charge is -2.52. The molecule has 0 saturated heterocycles. The molecule has 1 amide bonds. The normalized spacial score (nSPS) is 26.0. The molecule has 3 aliphatic carbocycles. The summed E-state index contributed by atoms with van der Waals surface area (Å²) in [4.78, 5) is 16.0. The van der Waals surface area contributed by atoms with Crippen molar-refractivity contribution in [1.82, 2.24) is 9.80 Å². The highest BCUT2D eigenvalue weighted by Gasteiger charge is 2.85. The molecule has 0 heterocycles. The van der Waals surface area contributed by atoms with Crippen LogP contribution in [-0.4, -0.2) is 86.3 Å². The molecule has 0 spiro atoms. The van der Waals surface area contributed by atoms with E-state index >= 15 is 0 Å². The second-order valence-corrected chi connectivity index (χ2v) is 14.9. The highest BCUT2D eigenvalue weighted by atomic mass is 19.4. The SMILES string of the molecule is CC(C)CCCCOc1ccc2c(c1)CCC1C2CCC2(C)C1CCC2N(C)C(=O)CN(C)CCOC(C(F)(F)F)(C(F)(F)F)C(F)(F)F. The highest BCUT2D eigenvalue weighted by Crippen LogP contribution is 2.62. The van der Waals surface area contributed by atoms with E-state index in [4.69, 9.17) is 4.74 Å². The molecule has 5 nitrogen and oxygen atoms in total. The van der Waals surface area contributed by atoms with Crippen LogP contribution in [0.2, 0.25) is 0 Å². The lowest BCUT2D eigenvalue weighted by Crippen LogP contribution is -2.68. The highest BCUT2D eigenvalue weighted by molar-refractivity contribution is 5.78. The van der Waals surface area contributed by atoms with Crippen LogP contribution in [0, 0.1) is 23.2 Å². The Bertz CT molecular complexity index is 1250.